The average molecular weight is 321 g/mol. The molecule has 2 rings (SSSR count). The molecule has 0 saturated carbocycles. The molecule has 0 saturated heterocycles. The maximum atomic E-state index is 12.2. The van der Waals surface area contributed by atoms with E-state index in [1.807, 2.05) is 13.8 Å². The molecule has 1 N–H and O–H groups in total. The van der Waals surface area contributed by atoms with E-state index in [4.69, 9.17) is 0 Å². The van der Waals surface area contributed by atoms with Gasteiger partial charge in [-0.25, -0.2) is 8.42 Å². The Balaban J connectivity index is 2.03. The molecule has 22 heavy (non-hydrogen) atoms. The fourth-order valence-electron chi connectivity index (χ4n) is 2.18. The topological polar surface area (TPSA) is 89.0 Å². The van der Waals surface area contributed by atoms with E-state index in [1.165, 1.54) is 6.20 Å². The molecular weight excluding hydrogens is 302 g/mol. The monoisotopic (exact) mass is 321 g/mol. The van der Waals surface area contributed by atoms with E-state index in [2.05, 4.69) is 15.3 Å². The third-order valence-electron chi connectivity index (χ3n) is 3.03. The summed E-state index contributed by atoms with van der Waals surface area (Å²) < 4.78 is 23.6. The molecule has 0 spiro atoms. The summed E-state index contributed by atoms with van der Waals surface area (Å²) in [6.45, 7) is 3.79. The molecule has 0 atom stereocenters. The van der Waals surface area contributed by atoms with Crippen LogP contribution in [0.25, 0.3) is 11.0 Å². The Morgan fingerprint density at radius 2 is 1.95 bits per heavy atom. The number of carbonyl (C=O) groups excluding carboxylic acids is 1. The quantitative estimate of drug-likeness (QED) is 0.869. The Morgan fingerprint density at radius 3 is 2.68 bits per heavy atom. The van der Waals surface area contributed by atoms with Gasteiger partial charge in [0.2, 0.25) is 0 Å². The number of aromatic nitrogens is 2. The van der Waals surface area contributed by atoms with Crippen molar-refractivity contribution in [3.05, 3.63) is 36.2 Å². The highest BCUT2D eigenvalue weighted by Crippen LogP contribution is 2.13. The first kappa shape index (κ1) is 16.4. The predicted octanol–water partition coefficient (Wildman–Crippen LogP) is 1.43. The normalized spacial score (nSPS) is 11.8. The van der Waals surface area contributed by atoms with E-state index < -0.39 is 9.84 Å². The van der Waals surface area contributed by atoms with Crippen molar-refractivity contribution < 1.29 is 13.2 Å². The van der Waals surface area contributed by atoms with Crippen LogP contribution in [0.4, 0.5) is 0 Å². The Labute approximate surface area is 129 Å². The van der Waals surface area contributed by atoms with Gasteiger partial charge in [0, 0.05) is 18.9 Å². The summed E-state index contributed by atoms with van der Waals surface area (Å²) in [4.78, 5) is 20.5. The molecule has 0 aliphatic rings. The van der Waals surface area contributed by atoms with Crippen LogP contribution in [0.5, 0.6) is 0 Å². The van der Waals surface area contributed by atoms with E-state index in [1.54, 1.807) is 24.4 Å². The number of hydrogen-bond acceptors (Lipinski definition) is 5. The van der Waals surface area contributed by atoms with Gasteiger partial charge in [-0.1, -0.05) is 19.9 Å². The van der Waals surface area contributed by atoms with Crippen molar-refractivity contribution in [2.45, 2.75) is 13.8 Å². The number of nitrogens with zero attached hydrogens (tertiary/aromatic N) is 2. The Morgan fingerprint density at radius 1 is 1.23 bits per heavy atom. The molecule has 1 aromatic heterocycles. The van der Waals surface area contributed by atoms with Crippen LogP contribution in [0.1, 0.15) is 24.2 Å². The lowest BCUT2D eigenvalue weighted by molar-refractivity contribution is 0.0957. The summed E-state index contributed by atoms with van der Waals surface area (Å²) in [6, 6.07) is 5.14. The fraction of sp³-hybridized carbons (Fsp3) is 0.400. The summed E-state index contributed by atoms with van der Waals surface area (Å²) >= 11 is 0. The molecule has 1 heterocycles. The molecular formula is C15H19N3O3S. The summed E-state index contributed by atoms with van der Waals surface area (Å²) in [5.74, 6) is -0.199. The Hall–Kier alpha value is -2.02. The van der Waals surface area contributed by atoms with Crippen LogP contribution in [-0.2, 0) is 9.84 Å². The van der Waals surface area contributed by atoms with Gasteiger partial charge in [-0.15, -0.1) is 0 Å². The van der Waals surface area contributed by atoms with E-state index in [0.29, 0.717) is 16.6 Å². The number of amides is 1. The zero-order valence-corrected chi connectivity index (χ0v) is 13.4. The average Bonchev–Trinajstić information content (AvgIpc) is 2.45. The maximum absolute atomic E-state index is 12.2. The van der Waals surface area contributed by atoms with Crippen molar-refractivity contribution in [2.24, 2.45) is 5.92 Å². The zero-order chi connectivity index (χ0) is 16.2. The molecule has 0 bridgehead atoms. The lowest BCUT2D eigenvalue weighted by atomic mass is 10.1. The number of para-hydroxylation sites is 1. The number of rotatable bonds is 6. The van der Waals surface area contributed by atoms with Crippen LogP contribution >= 0.6 is 0 Å². The Kier molecular flexibility index (Phi) is 5.07. The highest BCUT2D eigenvalue weighted by atomic mass is 32.2. The molecule has 118 valence electrons. The molecule has 7 heteroatoms. The lowest BCUT2D eigenvalue weighted by Gasteiger charge is -2.09. The third kappa shape index (κ3) is 4.24. The molecule has 0 fully saturated rings. The third-order valence-corrected chi connectivity index (χ3v) is 5.03. The first-order valence-corrected chi connectivity index (χ1v) is 8.89. The molecule has 0 aliphatic heterocycles. The van der Waals surface area contributed by atoms with Gasteiger partial charge < -0.3 is 5.32 Å². The van der Waals surface area contributed by atoms with Gasteiger partial charge in [0.05, 0.1) is 22.6 Å². The number of carbonyl (C=O) groups is 1. The second kappa shape index (κ2) is 6.83. The van der Waals surface area contributed by atoms with Crippen molar-refractivity contribution in [1.82, 2.24) is 15.3 Å². The molecule has 0 aliphatic carbocycles. The van der Waals surface area contributed by atoms with Gasteiger partial charge in [0.25, 0.3) is 5.91 Å². The smallest absolute Gasteiger partial charge is 0.253 e. The molecule has 1 aromatic carbocycles. The Bertz CT molecular complexity index is 767. The highest BCUT2D eigenvalue weighted by molar-refractivity contribution is 7.91. The number of sulfone groups is 1. The molecule has 0 radical (unpaired) electrons. The van der Waals surface area contributed by atoms with Gasteiger partial charge >= 0.3 is 0 Å². The predicted molar refractivity (Wildman–Crippen MR) is 85.4 cm³/mol. The largest absolute Gasteiger partial charge is 0.351 e. The molecule has 0 unspecified atom stereocenters. The van der Waals surface area contributed by atoms with Gasteiger partial charge in [0.15, 0.2) is 9.84 Å². The minimum absolute atomic E-state index is 0.0621. The van der Waals surface area contributed by atoms with Crippen molar-refractivity contribution in [1.29, 1.82) is 0 Å². The summed E-state index contributed by atoms with van der Waals surface area (Å²) in [5.41, 5.74) is 1.53. The number of fused-ring (bicyclic) bond motifs is 1. The first-order valence-electron chi connectivity index (χ1n) is 7.07. The van der Waals surface area contributed by atoms with Crippen LogP contribution in [0.3, 0.4) is 0 Å². The molecule has 1 amide bonds. The van der Waals surface area contributed by atoms with E-state index in [9.17, 15) is 13.2 Å². The van der Waals surface area contributed by atoms with Crippen LogP contribution in [0, 0.1) is 5.92 Å². The molecule has 2 aromatic rings. The van der Waals surface area contributed by atoms with Crippen LogP contribution in [0.15, 0.2) is 30.6 Å². The standard InChI is InChI=1S/C15H19N3O3S/c1-11(2)10-22(20,21)9-8-18-15(19)12-4-3-5-13-14(12)17-7-6-16-13/h3-7,11H,8-10H2,1-2H3,(H,18,19). The van der Waals surface area contributed by atoms with Gasteiger partial charge in [-0.3, -0.25) is 14.8 Å². The molecule has 6 nitrogen and oxygen atoms in total. The lowest BCUT2D eigenvalue weighted by Crippen LogP contribution is -2.30. The number of benzene rings is 1. The van der Waals surface area contributed by atoms with Crippen molar-refractivity contribution in [2.75, 3.05) is 18.1 Å². The summed E-state index contributed by atoms with van der Waals surface area (Å²) in [6.07, 6.45) is 3.08. The van der Waals surface area contributed by atoms with Crippen LogP contribution < -0.4 is 5.32 Å². The summed E-state index contributed by atoms with van der Waals surface area (Å²) in [5, 5.41) is 2.63. The van der Waals surface area contributed by atoms with E-state index >= 15 is 0 Å². The minimum atomic E-state index is -3.14. The van der Waals surface area contributed by atoms with Crippen molar-refractivity contribution in [3.8, 4) is 0 Å². The van der Waals surface area contributed by atoms with E-state index in [-0.39, 0.29) is 29.9 Å². The SMILES string of the molecule is CC(C)CS(=O)(=O)CCNC(=O)c1cccc2nccnc12. The number of hydrogen-bond donors (Lipinski definition) is 1. The van der Waals surface area contributed by atoms with E-state index in [0.717, 1.165) is 0 Å². The fourth-order valence-corrected chi connectivity index (χ4v) is 3.78. The first-order chi connectivity index (χ1) is 10.4. The minimum Gasteiger partial charge on any atom is -0.351 e. The maximum Gasteiger partial charge on any atom is 0.253 e. The van der Waals surface area contributed by atoms with Gasteiger partial charge in [-0.05, 0) is 18.1 Å². The summed E-state index contributed by atoms with van der Waals surface area (Å²) in [7, 11) is -3.14. The second-order valence-electron chi connectivity index (χ2n) is 5.49. The van der Waals surface area contributed by atoms with Crippen LogP contribution in [0.2, 0.25) is 0 Å². The second-order valence-corrected chi connectivity index (χ2v) is 7.72. The van der Waals surface area contributed by atoms with Crippen molar-refractivity contribution in [3.63, 3.8) is 0 Å². The number of nitrogens with one attached hydrogen (secondary N) is 1. The van der Waals surface area contributed by atoms with Crippen molar-refractivity contribution >= 4 is 26.8 Å². The van der Waals surface area contributed by atoms with Gasteiger partial charge in [0.1, 0.15) is 5.52 Å². The zero-order valence-electron chi connectivity index (χ0n) is 12.6. The highest BCUT2D eigenvalue weighted by Gasteiger charge is 2.15. The van der Waals surface area contributed by atoms with Gasteiger partial charge in [-0.2, -0.15) is 0 Å². The van der Waals surface area contributed by atoms with Crippen LogP contribution in [-0.4, -0.2) is 42.3 Å².